The molecular formula is C14H14ClN3S. The smallest absolute Gasteiger partial charge is 0.185 e. The van der Waals surface area contributed by atoms with Gasteiger partial charge in [-0.05, 0) is 17.9 Å². The number of thiazole rings is 1. The predicted molar refractivity (Wildman–Crippen MR) is 79.8 cm³/mol. The molecule has 98 valence electrons. The molecule has 1 aromatic heterocycles. The highest BCUT2D eigenvalue weighted by Crippen LogP contribution is 2.26. The Morgan fingerprint density at radius 1 is 1.42 bits per heavy atom. The second-order valence-corrected chi connectivity index (χ2v) is 5.64. The topological polar surface area (TPSA) is 48.7 Å². The maximum Gasteiger partial charge on any atom is 0.185 e. The van der Waals surface area contributed by atoms with Gasteiger partial charge in [-0.1, -0.05) is 60.2 Å². The fourth-order valence-corrected chi connectivity index (χ4v) is 2.76. The van der Waals surface area contributed by atoms with Crippen molar-refractivity contribution >= 4 is 28.1 Å². The third-order valence-electron chi connectivity index (χ3n) is 2.91. The van der Waals surface area contributed by atoms with Crippen molar-refractivity contribution in [1.82, 2.24) is 4.98 Å². The van der Waals surface area contributed by atoms with Crippen molar-refractivity contribution in [3.63, 3.8) is 0 Å². The molecule has 0 aliphatic heterocycles. The van der Waals surface area contributed by atoms with Gasteiger partial charge in [0.2, 0.25) is 0 Å². The Morgan fingerprint density at radius 2 is 2.16 bits per heavy atom. The minimum absolute atomic E-state index is 0.283. The summed E-state index contributed by atoms with van der Waals surface area (Å²) in [6.07, 6.45) is 1.00. The van der Waals surface area contributed by atoms with Gasteiger partial charge in [0.1, 0.15) is 10.9 Å². The van der Waals surface area contributed by atoms with Crippen LogP contribution in [0.15, 0.2) is 30.3 Å². The molecule has 2 rings (SSSR count). The summed E-state index contributed by atoms with van der Waals surface area (Å²) in [7, 11) is 0. The molecule has 0 saturated heterocycles. The summed E-state index contributed by atoms with van der Waals surface area (Å²) < 4.78 is 0. The first-order chi connectivity index (χ1) is 9.20. The van der Waals surface area contributed by atoms with Crippen molar-refractivity contribution < 1.29 is 0 Å². The highest BCUT2D eigenvalue weighted by Gasteiger charge is 2.09. The van der Waals surface area contributed by atoms with E-state index in [1.54, 1.807) is 0 Å². The molecule has 0 amide bonds. The van der Waals surface area contributed by atoms with Crippen molar-refractivity contribution in [3.05, 3.63) is 45.9 Å². The normalized spacial score (nSPS) is 11.8. The first kappa shape index (κ1) is 13.9. The van der Waals surface area contributed by atoms with E-state index in [1.165, 1.54) is 16.9 Å². The summed E-state index contributed by atoms with van der Waals surface area (Å²) in [5.41, 5.74) is 1.33. The average molecular weight is 292 g/mol. The second kappa shape index (κ2) is 6.55. The highest BCUT2D eigenvalue weighted by atomic mass is 35.5. The van der Waals surface area contributed by atoms with E-state index < -0.39 is 0 Å². The average Bonchev–Trinajstić information content (AvgIpc) is 2.80. The van der Waals surface area contributed by atoms with E-state index in [0.29, 0.717) is 15.9 Å². The van der Waals surface area contributed by atoms with Crippen LogP contribution in [0.3, 0.4) is 0 Å². The molecule has 0 radical (unpaired) electrons. The molecule has 5 heteroatoms. The molecule has 1 atom stereocenters. The lowest BCUT2D eigenvalue weighted by atomic mass is 9.98. The molecule has 1 aromatic carbocycles. The van der Waals surface area contributed by atoms with E-state index in [4.69, 9.17) is 16.9 Å². The van der Waals surface area contributed by atoms with E-state index >= 15 is 0 Å². The zero-order valence-corrected chi connectivity index (χ0v) is 12.1. The summed E-state index contributed by atoms with van der Waals surface area (Å²) in [6, 6.07) is 12.4. The molecule has 0 aliphatic carbocycles. The molecule has 1 N–H and O–H groups in total. The number of halogens is 1. The predicted octanol–water partition coefficient (Wildman–Crippen LogP) is 4.27. The molecule has 1 heterocycles. The Balaban J connectivity index is 1.85. The number of nitriles is 1. The number of rotatable bonds is 5. The first-order valence-corrected chi connectivity index (χ1v) is 7.25. The molecule has 0 bridgehead atoms. The summed E-state index contributed by atoms with van der Waals surface area (Å²) in [5.74, 6) is 0.486. The van der Waals surface area contributed by atoms with Crippen LogP contribution in [-0.4, -0.2) is 11.5 Å². The van der Waals surface area contributed by atoms with Crippen LogP contribution in [0.2, 0.25) is 5.15 Å². The van der Waals surface area contributed by atoms with Crippen LogP contribution in [0.1, 0.15) is 29.7 Å². The van der Waals surface area contributed by atoms with E-state index in [1.807, 2.05) is 12.1 Å². The van der Waals surface area contributed by atoms with Gasteiger partial charge in [-0.2, -0.15) is 5.26 Å². The van der Waals surface area contributed by atoms with Crippen LogP contribution in [0.4, 0.5) is 5.13 Å². The highest BCUT2D eigenvalue weighted by molar-refractivity contribution is 7.16. The number of aromatic nitrogens is 1. The summed E-state index contributed by atoms with van der Waals surface area (Å²) in [6.45, 7) is 3.01. The molecule has 19 heavy (non-hydrogen) atoms. The van der Waals surface area contributed by atoms with E-state index in [2.05, 4.69) is 41.5 Å². The number of nitrogens with zero attached hydrogens (tertiary/aromatic N) is 2. The number of hydrogen-bond donors (Lipinski definition) is 1. The van der Waals surface area contributed by atoms with E-state index in [-0.39, 0.29) is 5.15 Å². The van der Waals surface area contributed by atoms with Crippen LogP contribution in [0.25, 0.3) is 0 Å². The SMILES string of the molecule is CC(CCNc1nc(Cl)c(C#N)s1)c1ccccc1. The third-order valence-corrected chi connectivity index (χ3v) is 4.21. The number of anilines is 1. The van der Waals surface area contributed by atoms with Crippen LogP contribution in [-0.2, 0) is 0 Å². The minimum Gasteiger partial charge on any atom is -0.361 e. The number of nitrogens with one attached hydrogen (secondary N) is 1. The molecule has 0 saturated carbocycles. The van der Waals surface area contributed by atoms with Crippen molar-refractivity contribution in [2.75, 3.05) is 11.9 Å². The van der Waals surface area contributed by atoms with Crippen molar-refractivity contribution in [3.8, 4) is 6.07 Å². The molecule has 0 aliphatic rings. The Morgan fingerprint density at radius 3 is 2.79 bits per heavy atom. The van der Waals surface area contributed by atoms with Crippen molar-refractivity contribution in [2.24, 2.45) is 0 Å². The Bertz CT molecular complexity index is 574. The van der Waals surface area contributed by atoms with Gasteiger partial charge < -0.3 is 5.32 Å². The number of benzene rings is 1. The fourth-order valence-electron chi connectivity index (χ4n) is 1.79. The largest absolute Gasteiger partial charge is 0.361 e. The molecule has 3 nitrogen and oxygen atoms in total. The molecular weight excluding hydrogens is 278 g/mol. The van der Waals surface area contributed by atoms with Gasteiger partial charge in [0.25, 0.3) is 0 Å². The number of hydrogen-bond acceptors (Lipinski definition) is 4. The van der Waals surface area contributed by atoms with Crippen molar-refractivity contribution in [1.29, 1.82) is 5.26 Å². The summed E-state index contributed by atoms with van der Waals surface area (Å²) in [5, 5.41) is 13.0. The lowest BCUT2D eigenvalue weighted by molar-refractivity contribution is 0.706. The standard InChI is InChI=1S/C14H14ClN3S/c1-10(11-5-3-2-4-6-11)7-8-17-14-18-13(15)12(9-16)19-14/h2-6,10H,7-8H2,1H3,(H,17,18). The summed E-state index contributed by atoms with van der Waals surface area (Å²) >= 11 is 7.11. The zero-order valence-electron chi connectivity index (χ0n) is 10.6. The van der Waals surface area contributed by atoms with Crippen LogP contribution < -0.4 is 5.32 Å². The first-order valence-electron chi connectivity index (χ1n) is 6.06. The zero-order chi connectivity index (χ0) is 13.7. The van der Waals surface area contributed by atoms with Gasteiger partial charge in [0.05, 0.1) is 0 Å². The fraction of sp³-hybridized carbons (Fsp3) is 0.286. The van der Waals surface area contributed by atoms with Gasteiger partial charge in [-0.3, -0.25) is 0 Å². The minimum atomic E-state index is 0.283. The monoisotopic (exact) mass is 291 g/mol. The van der Waals surface area contributed by atoms with Crippen LogP contribution >= 0.6 is 22.9 Å². The quantitative estimate of drug-likeness (QED) is 0.895. The molecule has 2 aromatic rings. The van der Waals surface area contributed by atoms with Crippen molar-refractivity contribution in [2.45, 2.75) is 19.3 Å². The lowest BCUT2D eigenvalue weighted by Gasteiger charge is -2.11. The molecule has 0 spiro atoms. The van der Waals surface area contributed by atoms with Gasteiger partial charge in [-0.15, -0.1) is 0 Å². The van der Waals surface area contributed by atoms with Gasteiger partial charge in [0.15, 0.2) is 10.3 Å². The van der Waals surface area contributed by atoms with Gasteiger partial charge in [-0.25, -0.2) is 4.98 Å². The van der Waals surface area contributed by atoms with E-state index in [9.17, 15) is 0 Å². The maximum absolute atomic E-state index is 8.80. The van der Waals surface area contributed by atoms with Gasteiger partial charge >= 0.3 is 0 Å². The Labute approximate surface area is 121 Å². The van der Waals surface area contributed by atoms with Crippen LogP contribution in [0.5, 0.6) is 0 Å². The second-order valence-electron chi connectivity index (χ2n) is 4.28. The third kappa shape index (κ3) is 3.69. The Hall–Kier alpha value is -1.57. The Kier molecular flexibility index (Phi) is 4.78. The lowest BCUT2D eigenvalue weighted by Crippen LogP contribution is -2.05. The molecule has 1 unspecified atom stereocenters. The maximum atomic E-state index is 8.80. The van der Waals surface area contributed by atoms with Gasteiger partial charge in [0, 0.05) is 6.54 Å². The van der Waals surface area contributed by atoms with Crippen LogP contribution in [0, 0.1) is 11.3 Å². The molecule has 0 fully saturated rings. The summed E-state index contributed by atoms with van der Waals surface area (Å²) in [4.78, 5) is 4.56. The van der Waals surface area contributed by atoms with E-state index in [0.717, 1.165) is 13.0 Å².